The summed E-state index contributed by atoms with van der Waals surface area (Å²) in [5.74, 6) is 0.868. The van der Waals surface area contributed by atoms with Crippen LogP contribution in [0.2, 0.25) is 0 Å². The summed E-state index contributed by atoms with van der Waals surface area (Å²) >= 11 is 8.29. The zero-order chi connectivity index (χ0) is 50.4. The highest BCUT2D eigenvalue weighted by Crippen LogP contribution is 2.49. The van der Waals surface area contributed by atoms with Gasteiger partial charge in [-0.15, -0.1) is 18.3 Å². The molecule has 9 rings (SSSR count). The van der Waals surface area contributed by atoms with Crippen molar-refractivity contribution >= 4 is 88.2 Å². The molecule has 6 heteroatoms. The summed E-state index contributed by atoms with van der Waals surface area (Å²) in [5, 5.41) is 2.71. The van der Waals surface area contributed by atoms with E-state index in [0.717, 1.165) is 51.4 Å². The predicted octanol–water partition coefficient (Wildman–Crippen LogP) is 17.6. The van der Waals surface area contributed by atoms with E-state index in [4.69, 9.17) is 0 Å². The quantitative estimate of drug-likeness (QED) is 0.0585. The molecular formula is C64H78Br2N4+4. The minimum Gasteiger partial charge on any atom is -0.121 e. The van der Waals surface area contributed by atoms with Crippen LogP contribution in [0, 0.1) is 13.8 Å². The molecule has 2 heterocycles. The van der Waals surface area contributed by atoms with E-state index < -0.39 is 3.48 Å². The fraction of sp³-hybridized carbons (Fsp3) is 0.406. The summed E-state index contributed by atoms with van der Waals surface area (Å²) in [6.45, 7) is 32.2. The minimum absolute atomic E-state index is 0.303. The maximum absolute atomic E-state index is 4.14. The molecule has 0 aromatic heterocycles. The molecule has 0 amide bonds. The van der Waals surface area contributed by atoms with E-state index in [2.05, 4.69) is 256 Å². The van der Waals surface area contributed by atoms with E-state index in [1.807, 2.05) is 0 Å². The Balaban J connectivity index is 0.000000194. The summed E-state index contributed by atoms with van der Waals surface area (Å²) in [6.07, 6.45) is 8.86. The molecule has 6 aromatic carbocycles. The SMILES string of the molecule is CCCc1cccc(CCC)c1[N+]1=C(C)C(C)=[N+](c2c(C)cccc2C(C)C)C1(Br)Br.CCCc1cccc(CCC)c1[N+]1=C2C(=[N+](c3c(C)cccc3C(C)C)C1(C)C)c1cccc3cccc2c13. The number of nitrogens with zero attached hydrogens (tertiary/aromatic N) is 4. The van der Waals surface area contributed by atoms with Crippen LogP contribution in [0.3, 0.4) is 0 Å². The van der Waals surface area contributed by atoms with Crippen molar-refractivity contribution in [2.75, 3.05) is 0 Å². The topological polar surface area (TPSA) is 12.0 Å². The number of halogens is 2. The molecule has 0 atom stereocenters. The van der Waals surface area contributed by atoms with E-state index in [1.54, 1.807) is 0 Å². The third-order valence-electron chi connectivity index (χ3n) is 15.1. The lowest BCUT2D eigenvalue weighted by molar-refractivity contribution is -0.740. The smallest absolute Gasteiger partial charge is 0.121 e. The van der Waals surface area contributed by atoms with Gasteiger partial charge in [-0.3, -0.25) is 0 Å². The van der Waals surface area contributed by atoms with Gasteiger partial charge in [0.2, 0.25) is 22.7 Å². The highest BCUT2D eigenvalue weighted by Gasteiger charge is 2.62. The maximum Gasteiger partial charge on any atom is 0.472 e. The van der Waals surface area contributed by atoms with Crippen molar-refractivity contribution < 1.29 is 18.3 Å². The molecule has 70 heavy (non-hydrogen) atoms. The molecule has 3 aliphatic rings. The van der Waals surface area contributed by atoms with Crippen LogP contribution in [0.1, 0.15) is 176 Å². The first-order valence-corrected chi connectivity index (χ1v) is 28.0. The second-order valence-corrected chi connectivity index (χ2v) is 24.4. The Morgan fingerprint density at radius 3 is 1.14 bits per heavy atom. The fourth-order valence-electron chi connectivity index (χ4n) is 11.9. The second-order valence-electron chi connectivity index (χ2n) is 21.1. The number of hydrogen-bond donors (Lipinski definition) is 0. The van der Waals surface area contributed by atoms with Crippen LogP contribution in [0.5, 0.6) is 0 Å². The van der Waals surface area contributed by atoms with Gasteiger partial charge in [0.1, 0.15) is 0 Å². The lowest BCUT2D eigenvalue weighted by Gasteiger charge is -2.23. The molecule has 0 saturated carbocycles. The molecule has 0 N–H and O–H groups in total. The van der Waals surface area contributed by atoms with Gasteiger partial charge >= 0.3 is 9.14 Å². The van der Waals surface area contributed by atoms with E-state index >= 15 is 0 Å². The number of fused-ring (bicyclic) bond motifs is 3. The normalized spacial score (nSPS) is 15.9. The van der Waals surface area contributed by atoms with Crippen LogP contribution in [0.15, 0.2) is 109 Å². The first-order chi connectivity index (χ1) is 33.5. The Bertz CT molecular complexity index is 3080. The molecule has 0 radical (unpaired) electrons. The van der Waals surface area contributed by atoms with Crippen molar-refractivity contribution in [3.05, 3.63) is 165 Å². The van der Waals surface area contributed by atoms with E-state index in [0.29, 0.717) is 11.8 Å². The highest BCUT2D eigenvalue weighted by molar-refractivity contribution is 9.25. The number of hydrogen-bond acceptors (Lipinski definition) is 0. The van der Waals surface area contributed by atoms with Gasteiger partial charge in [0.05, 0.1) is 56.8 Å². The molecule has 2 aliphatic heterocycles. The molecule has 0 saturated heterocycles. The number of benzene rings is 6. The van der Waals surface area contributed by atoms with E-state index in [9.17, 15) is 0 Å². The molecule has 0 unspecified atom stereocenters. The third kappa shape index (κ3) is 8.75. The van der Waals surface area contributed by atoms with Gasteiger partial charge in [0.25, 0.3) is 22.8 Å². The van der Waals surface area contributed by atoms with Crippen LogP contribution >= 0.6 is 31.9 Å². The molecule has 4 nitrogen and oxygen atoms in total. The minimum atomic E-state index is -0.559. The molecule has 1 aliphatic carbocycles. The number of para-hydroxylation sites is 4. The van der Waals surface area contributed by atoms with Gasteiger partial charge in [-0.1, -0.05) is 178 Å². The number of aryl methyl sites for hydroxylation is 6. The van der Waals surface area contributed by atoms with E-state index in [1.165, 1.54) is 112 Å². The standard InChI is InChI=1S/C37H42N2.C27H36Br2N2/c1-8-14-27-19-11-20-28(15-9-2)34(27)39-36-31-23-13-18-26-17-12-22-30(32(26)31)35(36)38(37(39,6)7)33-25(5)16-10-21-29(33)24(3)4;1-8-12-22-15-11-16-23(13-9-2)26(22)31-21(7)20(6)30(27(31,28)29)25-19(5)14-10-17-24(25)18(3)4/h10-13,16-24H,8-9,14-15H2,1-7H3;10-11,14-18H,8-9,12-13H2,1-7H3/q2*+2. The van der Waals surface area contributed by atoms with Crippen molar-refractivity contribution in [3.63, 3.8) is 0 Å². The van der Waals surface area contributed by atoms with Crippen molar-refractivity contribution in [1.82, 2.24) is 0 Å². The van der Waals surface area contributed by atoms with Gasteiger partial charge in [0, 0.05) is 63.7 Å². The highest BCUT2D eigenvalue weighted by atomic mass is 79.9. The lowest BCUT2D eigenvalue weighted by atomic mass is 9.95. The zero-order valence-corrected chi connectivity index (χ0v) is 47.9. The molecular weight excluding hydrogens is 985 g/mol. The van der Waals surface area contributed by atoms with E-state index in [-0.39, 0.29) is 5.66 Å². The first-order valence-electron chi connectivity index (χ1n) is 26.4. The lowest BCUT2D eigenvalue weighted by Crippen LogP contribution is -2.41. The Morgan fingerprint density at radius 2 is 0.757 bits per heavy atom. The summed E-state index contributed by atoms with van der Waals surface area (Å²) in [5.41, 5.74) is 24.3. The van der Waals surface area contributed by atoms with Crippen molar-refractivity contribution in [2.45, 2.75) is 169 Å². The van der Waals surface area contributed by atoms with Gasteiger partial charge in [-0.25, -0.2) is 0 Å². The van der Waals surface area contributed by atoms with Gasteiger partial charge in [0.15, 0.2) is 0 Å². The van der Waals surface area contributed by atoms with Gasteiger partial charge in [-0.05, 0) is 68.9 Å². The summed E-state index contributed by atoms with van der Waals surface area (Å²) in [6, 6.07) is 41.1. The molecule has 0 bridgehead atoms. The van der Waals surface area contributed by atoms with Crippen molar-refractivity contribution in [2.24, 2.45) is 0 Å². The predicted molar refractivity (Wildman–Crippen MR) is 307 cm³/mol. The molecule has 0 spiro atoms. The summed E-state index contributed by atoms with van der Waals surface area (Å²) in [4.78, 5) is 0. The number of rotatable bonds is 14. The monoisotopic (exact) mass is 1060 g/mol. The zero-order valence-electron chi connectivity index (χ0n) is 44.7. The van der Waals surface area contributed by atoms with Crippen LogP contribution < -0.4 is 0 Å². The fourth-order valence-corrected chi connectivity index (χ4v) is 13.7. The van der Waals surface area contributed by atoms with Crippen molar-refractivity contribution in [1.29, 1.82) is 0 Å². The van der Waals surface area contributed by atoms with Crippen LogP contribution in [-0.2, 0) is 25.7 Å². The molecule has 364 valence electrons. The van der Waals surface area contributed by atoms with Crippen LogP contribution in [0.25, 0.3) is 10.8 Å². The maximum atomic E-state index is 4.14. The second kappa shape index (κ2) is 20.7. The first kappa shape index (κ1) is 51.6. The van der Waals surface area contributed by atoms with Crippen LogP contribution in [-0.4, -0.2) is 50.3 Å². The Kier molecular flexibility index (Phi) is 15.3. The molecule has 0 fully saturated rings. The van der Waals surface area contributed by atoms with Gasteiger partial charge < -0.3 is 0 Å². The third-order valence-corrected chi connectivity index (χ3v) is 16.5. The average Bonchev–Trinajstić information content (AvgIpc) is 3.82. The Morgan fingerprint density at radius 1 is 0.429 bits per heavy atom. The summed E-state index contributed by atoms with van der Waals surface area (Å²) in [7, 11) is 0. The molecule has 6 aromatic rings. The largest absolute Gasteiger partial charge is 0.472 e. The Labute approximate surface area is 437 Å². The Hall–Kier alpha value is -4.78. The van der Waals surface area contributed by atoms with Crippen molar-refractivity contribution in [3.8, 4) is 0 Å². The summed E-state index contributed by atoms with van der Waals surface area (Å²) < 4.78 is 9.76. The number of alkyl halides is 2. The van der Waals surface area contributed by atoms with Crippen LogP contribution in [0.4, 0.5) is 22.7 Å². The average molecular weight is 1060 g/mol. The van der Waals surface area contributed by atoms with Gasteiger partial charge in [-0.2, -0.15) is 0 Å².